The van der Waals surface area contributed by atoms with Gasteiger partial charge in [0.1, 0.15) is 0 Å². The molecular weight excluding hydrogens is 258 g/mol. The van der Waals surface area contributed by atoms with Gasteiger partial charge in [0.05, 0.1) is 5.69 Å². The van der Waals surface area contributed by atoms with Crippen molar-refractivity contribution in [2.24, 2.45) is 5.73 Å². The highest BCUT2D eigenvalue weighted by molar-refractivity contribution is 5.25. The van der Waals surface area contributed by atoms with Crippen molar-refractivity contribution >= 4 is 0 Å². The number of aromatic nitrogens is 1. The summed E-state index contributed by atoms with van der Waals surface area (Å²) in [4.78, 5) is 6.84. The lowest BCUT2D eigenvalue weighted by atomic mass is 10.0. The minimum Gasteiger partial charge on any atom is -0.329 e. The maximum atomic E-state index is 6.00. The number of hydrogen-bond donors (Lipinski definition) is 1. The van der Waals surface area contributed by atoms with Crippen LogP contribution >= 0.6 is 0 Å². The number of benzene rings is 1. The fourth-order valence-electron chi connectivity index (χ4n) is 2.60. The molecule has 0 aliphatic heterocycles. The first-order chi connectivity index (χ1) is 10.1. The van der Waals surface area contributed by atoms with E-state index in [4.69, 9.17) is 5.73 Å². The zero-order chi connectivity index (χ0) is 15.2. The van der Waals surface area contributed by atoms with Crippen molar-refractivity contribution in [1.29, 1.82) is 0 Å². The Morgan fingerprint density at radius 3 is 2.43 bits per heavy atom. The number of hydrogen-bond acceptors (Lipinski definition) is 3. The van der Waals surface area contributed by atoms with Crippen molar-refractivity contribution in [3.8, 4) is 0 Å². The lowest BCUT2D eigenvalue weighted by Gasteiger charge is -2.27. The third-order valence-electron chi connectivity index (χ3n) is 3.89. The molecule has 1 aromatic carbocycles. The van der Waals surface area contributed by atoms with E-state index < -0.39 is 0 Å². The molecule has 0 aliphatic rings. The molecule has 0 aliphatic carbocycles. The van der Waals surface area contributed by atoms with Gasteiger partial charge in [0.2, 0.25) is 0 Å². The molecule has 0 amide bonds. The number of pyridine rings is 1. The van der Waals surface area contributed by atoms with Crippen molar-refractivity contribution < 1.29 is 0 Å². The molecule has 0 bridgehead atoms. The molecule has 112 valence electrons. The van der Waals surface area contributed by atoms with Gasteiger partial charge >= 0.3 is 0 Å². The molecule has 0 radical (unpaired) electrons. The quantitative estimate of drug-likeness (QED) is 0.886. The molecule has 2 rings (SSSR count). The molecule has 2 N–H and O–H groups in total. The monoisotopic (exact) mass is 283 g/mol. The van der Waals surface area contributed by atoms with E-state index in [1.165, 1.54) is 11.1 Å². The number of rotatable bonds is 6. The second-order valence-electron chi connectivity index (χ2n) is 5.53. The minimum absolute atomic E-state index is 0.221. The lowest BCUT2D eigenvalue weighted by molar-refractivity contribution is 0.239. The van der Waals surface area contributed by atoms with E-state index >= 15 is 0 Å². The third-order valence-corrected chi connectivity index (χ3v) is 3.89. The molecule has 0 saturated carbocycles. The van der Waals surface area contributed by atoms with Crippen LogP contribution in [0, 0.1) is 6.92 Å². The van der Waals surface area contributed by atoms with E-state index in [-0.39, 0.29) is 6.04 Å². The largest absolute Gasteiger partial charge is 0.329 e. The second kappa shape index (κ2) is 7.34. The Morgan fingerprint density at radius 1 is 1.14 bits per heavy atom. The predicted molar refractivity (Wildman–Crippen MR) is 88.1 cm³/mol. The maximum absolute atomic E-state index is 6.00. The molecule has 1 aromatic heterocycles. The van der Waals surface area contributed by atoms with Crippen molar-refractivity contribution in [3.63, 3.8) is 0 Å². The second-order valence-corrected chi connectivity index (χ2v) is 5.53. The predicted octanol–water partition coefficient (Wildman–Crippen LogP) is 3.08. The van der Waals surface area contributed by atoms with Gasteiger partial charge in [-0.1, -0.05) is 37.3 Å². The molecule has 0 fully saturated rings. The van der Waals surface area contributed by atoms with Crippen LogP contribution in [0.2, 0.25) is 0 Å². The summed E-state index contributed by atoms with van der Waals surface area (Å²) in [6, 6.07) is 15.1. The summed E-state index contributed by atoms with van der Waals surface area (Å²) in [6.45, 7) is 5.60. The normalized spacial score (nSPS) is 12.6. The summed E-state index contributed by atoms with van der Waals surface area (Å²) in [5.41, 5.74) is 10.8. The Kier molecular flexibility index (Phi) is 5.48. The first-order valence-corrected chi connectivity index (χ1v) is 7.55. The average Bonchev–Trinajstić information content (AvgIpc) is 2.48. The smallest absolute Gasteiger partial charge is 0.0547 e. The third kappa shape index (κ3) is 4.13. The Morgan fingerprint density at radius 2 is 1.86 bits per heavy atom. The fraction of sp³-hybridized carbons (Fsp3) is 0.389. The molecule has 2 aromatic rings. The molecule has 0 saturated heterocycles. The van der Waals surface area contributed by atoms with E-state index in [0.717, 1.165) is 24.4 Å². The summed E-state index contributed by atoms with van der Waals surface area (Å²) < 4.78 is 0. The van der Waals surface area contributed by atoms with Gasteiger partial charge < -0.3 is 5.73 Å². The van der Waals surface area contributed by atoms with Crippen molar-refractivity contribution in [2.75, 3.05) is 13.6 Å². The van der Waals surface area contributed by atoms with E-state index in [9.17, 15) is 0 Å². The highest BCUT2D eigenvalue weighted by Crippen LogP contribution is 2.20. The van der Waals surface area contributed by atoms with Crippen LogP contribution in [0.4, 0.5) is 0 Å². The topological polar surface area (TPSA) is 42.1 Å². The lowest BCUT2D eigenvalue weighted by Crippen LogP contribution is -2.30. The Labute approximate surface area is 127 Å². The van der Waals surface area contributed by atoms with Gasteiger partial charge in [-0.25, -0.2) is 0 Å². The summed E-state index contributed by atoms with van der Waals surface area (Å²) in [6.07, 6.45) is 1.07. The highest BCUT2D eigenvalue weighted by atomic mass is 15.1. The van der Waals surface area contributed by atoms with Gasteiger partial charge in [-0.15, -0.1) is 0 Å². The minimum atomic E-state index is 0.221. The molecule has 3 nitrogen and oxygen atoms in total. The van der Waals surface area contributed by atoms with Gasteiger partial charge in [-0.05, 0) is 43.7 Å². The SMILES string of the molecule is CCc1ccc(C(CN)N(C)Cc2cccc(C)n2)cc1. The molecular formula is C18H25N3. The number of nitrogens with two attached hydrogens (primary N) is 1. The number of likely N-dealkylation sites (N-methyl/N-ethyl adjacent to an activating group) is 1. The van der Waals surface area contributed by atoms with Crippen molar-refractivity contribution in [1.82, 2.24) is 9.88 Å². The maximum Gasteiger partial charge on any atom is 0.0547 e. The summed E-state index contributed by atoms with van der Waals surface area (Å²) >= 11 is 0. The Balaban J connectivity index is 2.12. The Bertz CT molecular complexity index is 563. The first kappa shape index (κ1) is 15.7. The standard InChI is InChI=1S/C18H25N3/c1-4-15-8-10-16(11-9-15)18(12-19)21(3)13-17-7-5-6-14(2)20-17/h5-11,18H,4,12-13,19H2,1-3H3. The zero-order valence-electron chi connectivity index (χ0n) is 13.2. The van der Waals surface area contributed by atoms with E-state index in [0.29, 0.717) is 6.54 Å². The average molecular weight is 283 g/mol. The van der Waals surface area contributed by atoms with Crippen molar-refractivity contribution in [2.45, 2.75) is 32.9 Å². The van der Waals surface area contributed by atoms with Gasteiger partial charge in [0, 0.05) is 24.8 Å². The van der Waals surface area contributed by atoms with Crippen LogP contribution in [0.1, 0.15) is 35.5 Å². The molecule has 1 atom stereocenters. The molecule has 0 spiro atoms. The summed E-state index contributed by atoms with van der Waals surface area (Å²) in [7, 11) is 2.11. The molecule has 3 heteroatoms. The summed E-state index contributed by atoms with van der Waals surface area (Å²) in [5, 5.41) is 0. The van der Waals surface area contributed by atoms with Crippen LogP contribution in [0.5, 0.6) is 0 Å². The number of nitrogens with zero attached hydrogens (tertiary/aromatic N) is 2. The number of aryl methyl sites for hydroxylation is 2. The van der Waals surface area contributed by atoms with Crippen molar-refractivity contribution in [3.05, 3.63) is 65.0 Å². The van der Waals surface area contributed by atoms with E-state index in [1.807, 2.05) is 13.0 Å². The molecule has 1 unspecified atom stereocenters. The van der Waals surface area contributed by atoms with E-state index in [2.05, 4.69) is 60.3 Å². The van der Waals surface area contributed by atoms with Crippen LogP contribution in [-0.4, -0.2) is 23.5 Å². The van der Waals surface area contributed by atoms with E-state index in [1.54, 1.807) is 0 Å². The van der Waals surface area contributed by atoms with Crippen LogP contribution in [0.15, 0.2) is 42.5 Å². The highest BCUT2D eigenvalue weighted by Gasteiger charge is 2.16. The van der Waals surface area contributed by atoms with Crippen LogP contribution in [0.25, 0.3) is 0 Å². The van der Waals surface area contributed by atoms with Gasteiger partial charge in [-0.2, -0.15) is 0 Å². The fourth-order valence-corrected chi connectivity index (χ4v) is 2.60. The zero-order valence-corrected chi connectivity index (χ0v) is 13.2. The molecule has 21 heavy (non-hydrogen) atoms. The van der Waals surface area contributed by atoms with Crippen LogP contribution in [0.3, 0.4) is 0 Å². The van der Waals surface area contributed by atoms with Crippen LogP contribution in [-0.2, 0) is 13.0 Å². The molecule has 1 heterocycles. The van der Waals surface area contributed by atoms with Gasteiger partial charge in [-0.3, -0.25) is 9.88 Å². The summed E-state index contributed by atoms with van der Waals surface area (Å²) in [5.74, 6) is 0. The van der Waals surface area contributed by atoms with Gasteiger partial charge in [0.15, 0.2) is 0 Å². The first-order valence-electron chi connectivity index (χ1n) is 7.55. The van der Waals surface area contributed by atoms with Crippen LogP contribution < -0.4 is 5.73 Å². The van der Waals surface area contributed by atoms with Gasteiger partial charge in [0.25, 0.3) is 0 Å². The Hall–Kier alpha value is -1.71.